The van der Waals surface area contributed by atoms with Crippen molar-refractivity contribution < 1.29 is 22.8 Å². The second kappa shape index (κ2) is 8.57. The van der Waals surface area contributed by atoms with E-state index in [2.05, 4.69) is 16.0 Å². The number of hydrogen-bond donors (Lipinski definition) is 3. The third kappa shape index (κ3) is 6.02. The van der Waals surface area contributed by atoms with Gasteiger partial charge in [-0.3, -0.25) is 4.79 Å². The predicted molar refractivity (Wildman–Crippen MR) is 96.3 cm³/mol. The second-order valence-electron chi connectivity index (χ2n) is 6.18. The number of carbonyl (C=O) groups excluding carboxylic acids is 2. The Morgan fingerprint density at radius 2 is 1.63 bits per heavy atom. The number of amides is 3. The van der Waals surface area contributed by atoms with Crippen molar-refractivity contribution in [2.24, 2.45) is 0 Å². The Morgan fingerprint density at radius 1 is 1.00 bits per heavy atom. The Hall–Kier alpha value is -3.03. The molecule has 0 saturated heterocycles. The molecule has 0 unspecified atom stereocenters. The van der Waals surface area contributed by atoms with Crippen LogP contribution in [0.1, 0.15) is 35.3 Å². The number of nitrogens with one attached hydrogen (secondary N) is 3. The molecular weight excluding hydrogens is 359 g/mol. The number of anilines is 1. The van der Waals surface area contributed by atoms with Gasteiger partial charge in [0.15, 0.2) is 0 Å². The van der Waals surface area contributed by atoms with E-state index in [9.17, 15) is 22.8 Å². The van der Waals surface area contributed by atoms with Crippen LogP contribution in [0.4, 0.5) is 23.7 Å². The summed E-state index contributed by atoms with van der Waals surface area (Å²) in [6.45, 7) is 3.73. The first-order valence-electron chi connectivity index (χ1n) is 8.27. The molecule has 0 atom stereocenters. The quantitative estimate of drug-likeness (QED) is 0.730. The molecule has 0 bridgehead atoms. The molecule has 144 valence electrons. The fraction of sp³-hybridized carbons (Fsp3) is 0.263. The minimum Gasteiger partial charge on any atom is -0.348 e. The van der Waals surface area contributed by atoms with E-state index in [1.807, 2.05) is 13.8 Å². The molecule has 0 heterocycles. The van der Waals surface area contributed by atoms with Crippen molar-refractivity contribution in [1.82, 2.24) is 10.6 Å². The van der Waals surface area contributed by atoms with Gasteiger partial charge in [0.25, 0.3) is 5.91 Å². The SMILES string of the molecule is CC(C)NC(=O)Nc1ccc(CNC(=O)c2ccccc2C(F)(F)F)cc1. The zero-order valence-electron chi connectivity index (χ0n) is 14.9. The number of carbonyl (C=O) groups is 2. The highest BCUT2D eigenvalue weighted by Crippen LogP contribution is 2.31. The molecule has 0 aromatic heterocycles. The molecular formula is C19H20F3N3O2. The van der Waals surface area contributed by atoms with Gasteiger partial charge in [-0.1, -0.05) is 24.3 Å². The van der Waals surface area contributed by atoms with Crippen molar-refractivity contribution in [3.05, 3.63) is 65.2 Å². The van der Waals surface area contributed by atoms with Crippen molar-refractivity contribution in [1.29, 1.82) is 0 Å². The Balaban J connectivity index is 1.97. The standard InChI is InChI=1S/C19H20F3N3O2/c1-12(2)24-18(27)25-14-9-7-13(8-10-14)11-23-17(26)15-5-3-4-6-16(15)19(20,21)22/h3-10,12H,11H2,1-2H3,(H,23,26)(H2,24,25,27). The maximum absolute atomic E-state index is 13.0. The van der Waals surface area contributed by atoms with E-state index in [0.717, 1.165) is 12.1 Å². The van der Waals surface area contributed by atoms with E-state index in [0.29, 0.717) is 11.3 Å². The van der Waals surface area contributed by atoms with Crippen molar-refractivity contribution >= 4 is 17.6 Å². The molecule has 0 fully saturated rings. The minimum atomic E-state index is -4.60. The van der Waals surface area contributed by atoms with Crippen molar-refractivity contribution in [2.45, 2.75) is 32.6 Å². The number of benzene rings is 2. The molecule has 0 spiro atoms. The third-order valence-corrected chi connectivity index (χ3v) is 3.56. The van der Waals surface area contributed by atoms with Gasteiger partial charge in [-0.25, -0.2) is 4.79 Å². The van der Waals surface area contributed by atoms with Gasteiger partial charge in [-0.15, -0.1) is 0 Å². The molecule has 3 N–H and O–H groups in total. The molecule has 0 aliphatic carbocycles. The highest BCUT2D eigenvalue weighted by molar-refractivity contribution is 5.95. The fourth-order valence-corrected chi connectivity index (χ4v) is 2.34. The first-order valence-corrected chi connectivity index (χ1v) is 8.27. The van der Waals surface area contributed by atoms with Gasteiger partial charge < -0.3 is 16.0 Å². The summed E-state index contributed by atoms with van der Waals surface area (Å²) >= 11 is 0. The molecule has 2 aromatic carbocycles. The van der Waals surface area contributed by atoms with E-state index in [4.69, 9.17) is 0 Å². The summed E-state index contributed by atoms with van der Waals surface area (Å²) in [5, 5.41) is 7.81. The fourth-order valence-electron chi connectivity index (χ4n) is 2.34. The molecule has 0 radical (unpaired) electrons. The number of urea groups is 1. The van der Waals surface area contributed by atoms with Gasteiger partial charge in [-0.2, -0.15) is 13.2 Å². The molecule has 0 aliphatic heterocycles. The minimum absolute atomic E-state index is 0.000869. The Labute approximate surface area is 155 Å². The Kier molecular flexibility index (Phi) is 6.44. The van der Waals surface area contributed by atoms with Gasteiger partial charge in [0.05, 0.1) is 11.1 Å². The summed E-state index contributed by atoms with van der Waals surface area (Å²) in [5.74, 6) is -0.804. The molecule has 2 aromatic rings. The van der Waals surface area contributed by atoms with Crippen LogP contribution in [0.25, 0.3) is 0 Å². The van der Waals surface area contributed by atoms with Crippen LogP contribution in [0, 0.1) is 0 Å². The van der Waals surface area contributed by atoms with Gasteiger partial charge in [0.1, 0.15) is 0 Å². The van der Waals surface area contributed by atoms with E-state index >= 15 is 0 Å². The molecule has 5 nitrogen and oxygen atoms in total. The van der Waals surface area contributed by atoms with E-state index in [1.54, 1.807) is 24.3 Å². The average molecular weight is 379 g/mol. The van der Waals surface area contributed by atoms with E-state index in [-0.39, 0.29) is 18.6 Å². The Bertz CT molecular complexity index is 803. The number of halogens is 3. The summed E-state index contributed by atoms with van der Waals surface area (Å²) in [5.41, 5.74) is -0.153. The molecule has 8 heteroatoms. The second-order valence-corrected chi connectivity index (χ2v) is 6.18. The maximum atomic E-state index is 13.0. The molecule has 3 amide bonds. The van der Waals surface area contributed by atoms with Crippen LogP contribution in [0.2, 0.25) is 0 Å². The van der Waals surface area contributed by atoms with Gasteiger partial charge in [0.2, 0.25) is 0 Å². The highest BCUT2D eigenvalue weighted by Gasteiger charge is 2.34. The predicted octanol–water partition coefficient (Wildman–Crippen LogP) is 4.17. The molecule has 0 saturated carbocycles. The average Bonchev–Trinajstić information content (AvgIpc) is 2.59. The highest BCUT2D eigenvalue weighted by atomic mass is 19.4. The number of hydrogen-bond acceptors (Lipinski definition) is 2. The van der Waals surface area contributed by atoms with Crippen molar-refractivity contribution in [3.63, 3.8) is 0 Å². The Morgan fingerprint density at radius 3 is 2.22 bits per heavy atom. The lowest BCUT2D eigenvalue weighted by Gasteiger charge is -2.13. The first kappa shape index (κ1) is 20.3. The van der Waals surface area contributed by atoms with Crippen LogP contribution in [0.15, 0.2) is 48.5 Å². The number of alkyl halides is 3. The summed E-state index contributed by atoms with van der Waals surface area (Å²) in [6, 6.07) is 10.9. The maximum Gasteiger partial charge on any atom is 0.417 e. The smallest absolute Gasteiger partial charge is 0.348 e. The topological polar surface area (TPSA) is 70.2 Å². The van der Waals surface area contributed by atoms with Crippen LogP contribution in [0.3, 0.4) is 0 Å². The summed E-state index contributed by atoms with van der Waals surface area (Å²) in [6.07, 6.45) is -4.60. The lowest BCUT2D eigenvalue weighted by Crippen LogP contribution is -2.34. The summed E-state index contributed by atoms with van der Waals surface area (Å²) in [7, 11) is 0. The van der Waals surface area contributed by atoms with Crippen LogP contribution in [0.5, 0.6) is 0 Å². The monoisotopic (exact) mass is 379 g/mol. The third-order valence-electron chi connectivity index (χ3n) is 3.56. The summed E-state index contributed by atoms with van der Waals surface area (Å²) in [4.78, 5) is 23.7. The molecule has 27 heavy (non-hydrogen) atoms. The zero-order valence-corrected chi connectivity index (χ0v) is 14.9. The van der Waals surface area contributed by atoms with Crippen molar-refractivity contribution in [2.75, 3.05) is 5.32 Å². The van der Waals surface area contributed by atoms with Gasteiger partial charge in [0, 0.05) is 18.3 Å². The van der Waals surface area contributed by atoms with Crippen molar-refractivity contribution in [3.8, 4) is 0 Å². The lowest BCUT2D eigenvalue weighted by atomic mass is 10.1. The van der Waals surface area contributed by atoms with Crippen LogP contribution in [-0.2, 0) is 12.7 Å². The van der Waals surface area contributed by atoms with Gasteiger partial charge >= 0.3 is 12.2 Å². The normalized spacial score (nSPS) is 11.2. The van der Waals surface area contributed by atoms with Crippen LogP contribution in [-0.4, -0.2) is 18.0 Å². The first-order chi connectivity index (χ1) is 12.7. The molecule has 0 aliphatic rings. The van der Waals surface area contributed by atoms with Crippen LogP contribution < -0.4 is 16.0 Å². The lowest BCUT2D eigenvalue weighted by molar-refractivity contribution is -0.137. The largest absolute Gasteiger partial charge is 0.417 e. The number of rotatable bonds is 5. The zero-order chi connectivity index (χ0) is 20.0. The van der Waals surface area contributed by atoms with E-state index in [1.165, 1.54) is 12.1 Å². The molecule has 2 rings (SSSR count). The van der Waals surface area contributed by atoms with E-state index < -0.39 is 23.2 Å². The van der Waals surface area contributed by atoms with Gasteiger partial charge in [-0.05, 0) is 43.7 Å². The van der Waals surface area contributed by atoms with Crippen LogP contribution >= 0.6 is 0 Å². The summed E-state index contributed by atoms with van der Waals surface area (Å²) < 4.78 is 38.9.